The van der Waals surface area contributed by atoms with Gasteiger partial charge in [0.2, 0.25) is 5.91 Å². The van der Waals surface area contributed by atoms with E-state index in [9.17, 15) is 14.4 Å². The molecule has 2 amide bonds. The SMILES string of the molecule is CCOC(=O)C1CCCN(C(=O)CN(C)C(=O)C(C)Oc2ccc(Cl)cc2Cl)C1. The highest BCUT2D eigenvalue weighted by molar-refractivity contribution is 6.35. The number of halogens is 2. The fourth-order valence-corrected chi connectivity index (χ4v) is 3.61. The lowest BCUT2D eigenvalue weighted by molar-refractivity contribution is -0.152. The molecule has 0 saturated carbocycles. The lowest BCUT2D eigenvalue weighted by atomic mass is 9.98. The number of nitrogens with zero attached hydrogens (tertiary/aromatic N) is 2. The maximum Gasteiger partial charge on any atom is 0.310 e. The van der Waals surface area contributed by atoms with E-state index in [1.54, 1.807) is 30.9 Å². The molecule has 1 saturated heterocycles. The first-order valence-electron chi connectivity index (χ1n) is 9.54. The average Bonchev–Trinajstić information content (AvgIpc) is 2.69. The zero-order chi connectivity index (χ0) is 21.6. The second-order valence-corrected chi connectivity index (χ2v) is 7.80. The van der Waals surface area contributed by atoms with Crippen molar-refractivity contribution in [3.8, 4) is 5.75 Å². The molecule has 0 N–H and O–H groups in total. The Morgan fingerprint density at radius 1 is 1.31 bits per heavy atom. The predicted octanol–water partition coefficient (Wildman–Crippen LogP) is 3.02. The summed E-state index contributed by atoms with van der Waals surface area (Å²) in [7, 11) is 1.54. The summed E-state index contributed by atoms with van der Waals surface area (Å²) in [5.41, 5.74) is 0. The summed E-state index contributed by atoms with van der Waals surface area (Å²) < 4.78 is 10.7. The summed E-state index contributed by atoms with van der Waals surface area (Å²) in [5.74, 6) is -0.834. The van der Waals surface area contributed by atoms with Crippen LogP contribution >= 0.6 is 23.2 Å². The Kier molecular flexibility index (Phi) is 8.59. The molecule has 2 atom stereocenters. The van der Waals surface area contributed by atoms with Gasteiger partial charge in [-0.05, 0) is 44.9 Å². The number of carbonyl (C=O) groups excluding carboxylic acids is 3. The fraction of sp³-hybridized carbons (Fsp3) is 0.550. The molecule has 2 unspecified atom stereocenters. The van der Waals surface area contributed by atoms with Crippen molar-refractivity contribution in [3.05, 3.63) is 28.2 Å². The zero-order valence-corrected chi connectivity index (χ0v) is 18.3. The minimum atomic E-state index is -0.833. The minimum Gasteiger partial charge on any atom is -0.479 e. The van der Waals surface area contributed by atoms with Crippen LogP contribution in [0.25, 0.3) is 0 Å². The molecule has 0 aliphatic carbocycles. The third-order valence-electron chi connectivity index (χ3n) is 4.69. The van der Waals surface area contributed by atoms with Gasteiger partial charge in [0.15, 0.2) is 6.10 Å². The summed E-state index contributed by atoms with van der Waals surface area (Å²) in [6, 6.07) is 4.73. The molecule has 0 bridgehead atoms. The van der Waals surface area contributed by atoms with Gasteiger partial charge >= 0.3 is 5.97 Å². The number of carbonyl (C=O) groups is 3. The van der Waals surface area contributed by atoms with E-state index in [0.29, 0.717) is 41.9 Å². The Hall–Kier alpha value is -1.99. The van der Waals surface area contributed by atoms with E-state index in [1.165, 1.54) is 18.0 Å². The van der Waals surface area contributed by atoms with Gasteiger partial charge in [-0.15, -0.1) is 0 Å². The molecule has 0 radical (unpaired) electrons. The summed E-state index contributed by atoms with van der Waals surface area (Å²) in [5, 5.41) is 0.765. The monoisotopic (exact) mass is 444 g/mol. The Balaban J connectivity index is 1.90. The number of likely N-dealkylation sites (tertiary alicyclic amines) is 1. The molecule has 9 heteroatoms. The quantitative estimate of drug-likeness (QED) is 0.604. The van der Waals surface area contributed by atoms with Crippen molar-refractivity contribution < 1.29 is 23.9 Å². The highest BCUT2D eigenvalue weighted by Gasteiger charge is 2.31. The number of rotatable bonds is 7. The van der Waals surface area contributed by atoms with E-state index in [0.717, 1.165) is 6.42 Å². The summed E-state index contributed by atoms with van der Waals surface area (Å²) in [6.07, 6.45) is 0.589. The lowest BCUT2D eigenvalue weighted by Crippen LogP contribution is -2.48. The van der Waals surface area contributed by atoms with Crippen LogP contribution in [0.3, 0.4) is 0 Å². The van der Waals surface area contributed by atoms with Crippen LogP contribution in [0.2, 0.25) is 10.0 Å². The third kappa shape index (κ3) is 6.51. The van der Waals surface area contributed by atoms with Gasteiger partial charge in [-0.3, -0.25) is 14.4 Å². The van der Waals surface area contributed by atoms with Crippen LogP contribution in [-0.4, -0.2) is 67.0 Å². The maximum absolute atomic E-state index is 12.6. The number of amides is 2. The molecule has 29 heavy (non-hydrogen) atoms. The number of hydrogen-bond acceptors (Lipinski definition) is 5. The Morgan fingerprint density at radius 2 is 2.03 bits per heavy atom. The molecule has 1 aromatic rings. The van der Waals surface area contributed by atoms with Crippen molar-refractivity contribution in [1.29, 1.82) is 0 Å². The van der Waals surface area contributed by atoms with Crippen LogP contribution in [0.1, 0.15) is 26.7 Å². The number of esters is 1. The first-order chi connectivity index (χ1) is 13.7. The van der Waals surface area contributed by atoms with Crippen LogP contribution in [0.5, 0.6) is 5.75 Å². The highest BCUT2D eigenvalue weighted by Crippen LogP contribution is 2.28. The minimum absolute atomic E-state index is 0.101. The highest BCUT2D eigenvalue weighted by atomic mass is 35.5. The van der Waals surface area contributed by atoms with Crippen molar-refractivity contribution >= 4 is 41.0 Å². The Labute approximate surface area is 180 Å². The van der Waals surface area contributed by atoms with Gasteiger partial charge < -0.3 is 19.3 Å². The number of likely N-dealkylation sites (N-methyl/N-ethyl adjacent to an activating group) is 1. The van der Waals surface area contributed by atoms with Gasteiger partial charge in [-0.25, -0.2) is 0 Å². The molecule has 0 aromatic heterocycles. The first kappa shape index (κ1) is 23.3. The standard InChI is InChI=1S/C20H26Cl2N2O5/c1-4-28-20(27)14-6-5-9-24(11-14)18(25)12-23(3)19(26)13(2)29-17-8-7-15(21)10-16(17)22/h7-8,10,13-14H,4-6,9,11-12H2,1-3H3. The normalized spacial score (nSPS) is 17.4. The molecule has 160 valence electrons. The molecular formula is C20H26Cl2N2O5. The van der Waals surface area contributed by atoms with Crippen molar-refractivity contribution in [2.45, 2.75) is 32.8 Å². The van der Waals surface area contributed by atoms with Gasteiger partial charge in [0.1, 0.15) is 5.75 Å². The molecule has 7 nitrogen and oxygen atoms in total. The van der Waals surface area contributed by atoms with E-state index in [2.05, 4.69) is 0 Å². The summed E-state index contributed by atoms with van der Waals surface area (Å²) >= 11 is 11.9. The van der Waals surface area contributed by atoms with Gasteiger partial charge in [0.05, 0.1) is 24.1 Å². The van der Waals surface area contributed by atoms with Gasteiger partial charge in [-0.2, -0.15) is 0 Å². The smallest absolute Gasteiger partial charge is 0.310 e. The van der Waals surface area contributed by atoms with Crippen molar-refractivity contribution in [2.75, 3.05) is 33.3 Å². The van der Waals surface area contributed by atoms with Crippen LogP contribution in [0, 0.1) is 5.92 Å². The van der Waals surface area contributed by atoms with E-state index >= 15 is 0 Å². The molecule has 1 aromatic carbocycles. The second kappa shape index (κ2) is 10.7. The number of benzene rings is 1. The van der Waals surface area contributed by atoms with Crippen molar-refractivity contribution in [1.82, 2.24) is 9.80 Å². The third-order valence-corrected chi connectivity index (χ3v) is 5.22. The molecule has 1 fully saturated rings. The summed E-state index contributed by atoms with van der Waals surface area (Å²) in [4.78, 5) is 40.1. The van der Waals surface area contributed by atoms with Crippen LogP contribution in [0.15, 0.2) is 18.2 Å². The molecule has 0 spiro atoms. The number of ether oxygens (including phenoxy) is 2. The van der Waals surface area contributed by atoms with Crippen LogP contribution in [-0.2, 0) is 19.1 Å². The second-order valence-electron chi connectivity index (χ2n) is 6.96. The number of hydrogen-bond donors (Lipinski definition) is 0. The molecular weight excluding hydrogens is 419 g/mol. The van der Waals surface area contributed by atoms with Crippen LogP contribution in [0.4, 0.5) is 0 Å². The van der Waals surface area contributed by atoms with Crippen molar-refractivity contribution in [3.63, 3.8) is 0 Å². The summed E-state index contributed by atoms with van der Waals surface area (Å²) in [6.45, 7) is 4.43. The zero-order valence-electron chi connectivity index (χ0n) is 16.8. The lowest BCUT2D eigenvalue weighted by Gasteiger charge is -2.33. The Bertz CT molecular complexity index is 758. The Morgan fingerprint density at radius 3 is 2.69 bits per heavy atom. The largest absolute Gasteiger partial charge is 0.479 e. The number of piperidine rings is 1. The molecule has 2 rings (SSSR count). The molecule has 1 heterocycles. The van der Waals surface area contributed by atoms with E-state index in [1.807, 2.05) is 0 Å². The van der Waals surface area contributed by atoms with Crippen molar-refractivity contribution in [2.24, 2.45) is 5.92 Å². The maximum atomic E-state index is 12.6. The van der Waals surface area contributed by atoms with E-state index in [-0.39, 0.29) is 30.2 Å². The van der Waals surface area contributed by atoms with Gasteiger partial charge in [-0.1, -0.05) is 23.2 Å². The van der Waals surface area contributed by atoms with Gasteiger partial charge in [0, 0.05) is 25.2 Å². The van der Waals surface area contributed by atoms with E-state index < -0.39 is 6.10 Å². The fourth-order valence-electron chi connectivity index (χ4n) is 3.16. The topological polar surface area (TPSA) is 76.2 Å². The predicted molar refractivity (Wildman–Crippen MR) is 110 cm³/mol. The van der Waals surface area contributed by atoms with E-state index in [4.69, 9.17) is 32.7 Å². The first-order valence-corrected chi connectivity index (χ1v) is 10.3. The van der Waals surface area contributed by atoms with Gasteiger partial charge in [0.25, 0.3) is 5.91 Å². The van der Waals surface area contributed by atoms with Crippen LogP contribution < -0.4 is 4.74 Å². The molecule has 1 aliphatic rings. The molecule has 1 aliphatic heterocycles. The average molecular weight is 445 g/mol.